The van der Waals surface area contributed by atoms with E-state index in [1.807, 2.05) is 0 Å². The molecule has 0 aromatic heterocycles. The number of hydrogen-bond donors (Lipinski definition) is 0. The average molecular weight is 353 g/mol. The summed E-state index contributed by atoms with van der Waals surface area (Å²) >= 11 is 0. The zero-order valence-corrected chi connectivity index (χ0v) is 18.8. The van der Waals surface area contributed by atoms with Crippen molar-refractivity contribution in [1.29, 1.82) is 0 Å². The van der Waals surface area contributed by atoms with Crippen molar-refractivity contribution in [2.45, 2.75) is 105 Å². The minimum absolute atomic E-state index is 0.349. The maximum atomic E-state index is 2.62. The maximum absolute atomic E-state index is 2.62. The molecule has 2 rings (SSSR count). The van der Waals surface area contributed by atoms with Gasteiger partial charge in [0.1, 0.15) is 0 Å². The van der Waals surface area contributed by atoms with E-state index in [1.54, 1.807) is 0 Å². The Morgan fingerprint density at radius 1 is 0.960 bits per heavy atom. The first-order valence-electron chi connectivity index (χ1n) is 11.1. The number of rotatable bonds is 5. The fourth-order valence-electron chi connectivity index (χ4n) is 4.96. The quantitative estimate of drug-likeness (QED) is 0.593. The highest BCUT2D eigenvalue weighted by atomic mass is 15.3. The molecule has 2 fully saturated rings. The lowest BCUT2D eigenvalue weighted by Gasteiger charge is -2.49. The molecule has 25 heavy (non-hydrogen) atoms. The van der Waals surface area contributed by atoms with Gasteiger partial charge in [0.2, 0.25) is 0 Å². The van der Waals surface area contributed by atoms with Crippen molar-refractivity contribution in [2.24, 2.45) is 17.8 Å². The van der Waals surface area contributed by atoms with Gasteiger partial charge in [0.15, 0.2) is 0 Å². The molecule has 0 spiro atoms. The highest BCUT2D eigenvalue weighted by Crippen LogP contribution is 2.32. The second-order valence-electron chi connectivity index (χ2n) is 10.1. The van der Waals surface area contributed by atoms with Gasteiger partial charge >= 0.3 is 0 Å². The van der Waals surface area contributed by atoms with Gasteiger partial charge in [-0.25, -0.2) is 0 Å². The first-order valence-corrected chi connectivity index (χ1v) is 11.1. The van der Waals surface area contributed by atoms with E-state index < -0.39 is 0 Å². The molecule has 1 aliphatic heterocycles. The monoisotopic (exact) mass is 352 g/mol. The molecular weight excluding hydrogens is 304 g/mol. The molecule has 150 valence electrons. The van der Waals surface area contributed by atoms with Crippen molar-refractivity contribution in [3.8, 4) is 0 Å². The molecule has 0 aromatic rings. The van der Waals surface area contributed by atoms with Crippen LogP contribution in [0.4, 0.5) is 0 Å². The minimum atomic E-state index is 0.349. The van der Waals surface area contributed by atoms with Crippen molar-refractivity contribution >= 4 is 0 Å². The SMILES string of the molecule is CC(C)CC1CCC(C)CC1.CCCN1CCN(C(C)C)C(C)(C)C1. The summed E-state index contributed by atoms with van der Waals surface area (Å²) in [7, 11) is 0. The normalized spacial score (nSPS) is 28.1. The summed E-state index contributed by atoms with van der Waals surface area (Å²) in [5, 5.41) is 0. The second-order valence-corrected chi connectivity index (χ2v) is 10.1. The van der Waals surface area contributed by atoms with Crippen LogP contribution in [-0.2, 0) is 0 Å². The topological polar surface area (TPSA) is 6.48 Å². The molecule has 1 saturated carbocycles. The van der Waals surface area contributed by atoms with Crippen molar-refractivity contribution < 1.29 is 0 Å². The van der Waals surface area contributed by atoms with Crippen molar-refractivity contribution in [3.63, 3.8) is 0 Å². The zero-order valence-electron chi connectivity index (χ0n) is 18.8. The second kappa shape index (κ2) is 10.9. The van der Waals surface area contributed by atoms with Gasteiger partial charge < -0.3 is 4.90 Å². The Kier molecular flexibility index (Phi) is 10.0. The van der Waals surface area contributed by atoms with E-state index in [-0.39, 0.29) is 0 Å². The van der Waals surface area contributed by atoms with Crippen LogP contribution < -0.4 is 0 Å². The zero-order chi connectivity index (χ0) is 19.0. The van der Waals surface area contributed by atoms with Gasteiger partial charge in [0.05, 0.1) is 0 Å². The van der Waals surface area contributed by atoms with E-state index >= 15 is 0 Å². The summed E-state index contributed by atoms with van der Waals surface area (Å²) in [5.74, 6) is 2.98. The van der Waals surface area contributed by atoms with Gasteiger partial charge in [-0.3, -0.25) is 4.90 Å². The van der Waals surface area contributed by atoms with Crippen LogP contribution in [0.2, 0.25) is 0 Å². The fourth-order valence-corrected chi connectivity index (χ4v) is 4.96. The molecule has 1 saturated heterocycles. The summed E-state index contributed by atoms with van der Waals surface area (Å²) in [5.41, 5.74) is 0.349. The minimum Gasteiger partial charge on any atom is -0.300 e. The third kappa shape index (κ3) is 8.43. The summed E-state index contributed by atoms with van der Waals surface area (Å²) in [6, 6.07) is 0.675. The summed E-state index contributed by atoms with van der Waals surface area (Å²) in [6.45, 7) is 23.6. The first kappa shape index (κ1) is 23.0. The number of hydrogen-bond acceptors (Lipinski definition) is 2. The van der Waals surface area contributed by atoms with Crippen LogP contribution in [0.3, 0.4) is 0 Å². The molecular formula is C23H48N2. The predicted octanol–water partition coefficient (Wildman–Crippen LogP) is 6.06. The lowest BCUT2D eigenvalue weighted by Crippen LogP contribution is -2.61. The molecule has 0 unspecified atom stereocenters. The van der Waals surface area contributed by atoms with Crippen LogP contribution >= 0.6 is 0 Å². The smallest absolute Gasteiger partial charge is 0.0283 e. The molecule has 2 nitrogen and oxygen atoms in total. The Bertz CT molecular complexity index is 340. The molecule has 0 amide bonds. The van der Waals surface area contributed by atoms with Crippen LogP contribution in [-0.4, -0.2) is 47.6 Å². The van der Waals surface area contributed by atoms with Crippen LogP contribution in [0.1, 0.15) is 93.9 Å². The van der Waals surface area contributed by atoms with E-state index in [0.717, 1.165) is 17.8 Å². The Balaban J connectivity index is 0.000000257. The molecule has 1 aliphatic carbocycles. The maximum Gasteiger partial charge on any atom is 0.0283 e. The van der Waals surface area contributed by atoms with Crippen molar-refractivity contribution in [3.05, 3.63) is 0 Å². The molecule has 0 atom stereocenters. The summed E-state index contributed by atoms with van der Waals surface area (Å²) < 4.78 is 0. The number of piperazine rings is 1. The van der Waals surface area contributed by atoms with Gasteiger partial charge in [-0.05, 0) is 64.8 Å². The predicted molar refractivity (Wildman–Crippen MR) is 113 cm³/mol. The Morgan fingerprint density at radius 3 is 2.00 bits per heavy atom. The first-order chi connectivity index (χ1) is 11.7. The Morgan fingerprint density at radius 2 is 1.56 bits per heavy atom. The van der Waals surface area contributed by atoms with Crippen LogP contribution in [0.5, 0.6) is 0 Å². The van der Waals surface area contributed by atoms with E-state index in [9.17, 15) is 0 Å². The lowest BCUT2D eigenvalue weighted by atomic mass is 9.79. The van der Waals surface area contributed by atoms with Gasteiger partial charge in [0, 0.05) is 31.2 Å². The van der Waals surface area contributed by atoms with Crippen LogP contribution in [0.15, 0.2) is 0 Å². The largest absolute Gasteiger partial charge is 0.300 e. The molecule has 0 aromatic carbocycles. The third-order valence-corrected chi connectivity index (χ3v) is 6.15. The fraction of sp³-hybridized carbons (Fsp3) is 1.00. The standard InChI is InChI=1S/C12H26N2.C11H22/c1-6-7-13-8-9-14(11(2)3)12(4,5)10-13;1-9(2)8-11-6-4-10(3)5-7-11/h11H,6-10H2,1-5H3;9-11H,4-8H2,1-3H3. The Hall–Kier alpha value is -0.0800. The van der Waals surface area contributed by atoms with Gasteiger partial charge in [-0.2, -0.15) is 0 Å². The van der Waals surface area contributed by atoms with Crippen LogP contribution in [0, 0.1) is 17.8 Å². The number of nitrogens with zero attached hydrogens (tertiary/aromatic N) is 2. The van der Waals surface area contributed by atoms with Crippen molar-refractivity contribution in [1.82, 2.24) is 9.80 Å². The molecule has 2 aliphatic rings. The van der Waals surface area contributed by atoms with Gasteiger partial charge in [0.25, 0.3) is 0 Å². The summed E-state index contributed by atoms with van der Waals surface area (Å²) in [6.07, 6.45) is 8.71. The Labute approximate surface area is 159 Å². The molecule has 0 N–H and O–H groups in total. The lowest BCUT2D eigenvalue weighted by molar-refractivity contribution is -0.00126. The van der Waals surface area contributed by atoms with Crippen molar-refractivity contribution in [2.75, 3.05) is 26.2 Å². The highest BCUT2D eigenvalue weighted by molar-refractivity contribution is 4.91. The molecule has 1 heterocycles. The highest BCUT2D eigenvalue weighted by Gasteiger charge is 2.34. The van der Waals surface area contributed by atoms with Gasteiger partial charge in [-0.15, -0.1) is 0 Å². The molecule has 0 radical (unpaired) electrons. The van der Waals surface area contributed by atoms with Gasteiger partial charge in [-0.1, -0.05) is 53.4 Å². The van der Waals surface area contributed by atoms with Crippen LogP contribution in [0.25, 0.3) is 0 Å². The van der Waals surface area contributed by atoms with E-state index in [4.69, 9.17) is 0 Å². The molecule has 0 bridgehead atoms. The summed E-state index contributed by atoms with van der Waals surface area (Å²) in [4.78, 5) is 5.22. The van der Waals surface area contributed by atoms with E-state index in [2.05, 4.69) is 65.2 Å². The van der Waals surface area contributed by atoms with E-state index in [1.165, 1.54) is 64.7 Å². The third-order valence-electron chi connectivity index (χ3n) is 6.15. The molecule has 2 heteroatoms. The van der Waals surface area contributed by atoms with E-state index in [0.29, 0.717) is 11.6 Å². The average Bonchev–Trinajstić information content (AvgIpc) is 2.49.